The average molecular weight is 498 g/mol. The van der Waals surface area contributed by atoms with Gasteiger partial charge in [-0.25, -0.2) is 4.57 Å². The van der Waals surface area contributed by atoms with Gasteiger partial charge in [0.05, 0.1) is 22.3 Å². The molecule has 0 aliphatic heterocycles. The fourth-order valence-corrected chi connectivity index (χ4v) is 5.47. The molecule has 7 nitrogen and oxygen atoms in total. The molecule has 0 radical (unpaired) electrons. The number of hydrogen-bond donors (Lipinski definition) is 1. The van der Waals surface area contributed by atoms with Gasteiger partial charge in [0.2, 0.25) is 11.7 Å². The minimum Gasteiger partial charge on any atom is -0.325 e. The first-order valence-corrected chi connectivity index (χ1v) is 12.7. The molecule has 182 valence electrons. The Bertz CT molecular complexity index is 1690. The molecule has 0 spiro atoms. The Morgan fingerprint density at radius 3 is 2.31 bits per heavy atom. The summed E-state index contributed by atoms with van der Waals surface area (Å²) in [5.41, 5.74) is 7.45. The number of anilines is 1. The van der Waals surface area contributed by atoms with Crippen molar-refractivity contribution in [2.75, 3.05) is 11.1 Å². The number of carbonyl (C=O) groups excluding carboxylic acids is 1. The Hall–Kier alpha value is -3.91. The third kappa shape index (κ3) is 4.18. The number of thioether (sulfide) groups is 1. The smallest absolute Gasteiger partial charge is 0.267 e. The van der Waals surface area contributed by atoms with Gasteiger partial charge in [-0.05, 0) is 69.5 Å². The Morgan fingerprint density at radius 2 is 1.58 bits per heavy atom. The molecule has 0 aliphatic rings. The van der Waals surface area contributed by atoms with E-state index in [1.54, 1.807) is 10.6 Å². The predicted molar refractivity (Wildman–Crippen MR) is 146 cm³/mol. The third-order valence-corrected chi connectivity index (χ3v) is 7.19. The predicted octanol–water partition coefficient (Wildman–Crippen LogP) is 5.31. The highest BCUT2D eigenvalue weighted by molar-refractivity contribution is 7.99. The van der Waals surface area contributed by atoms with E-state index in [4.69, 9.17) is 0 Å². The van der Waals surface area contributed by atoms with Crippen LogP contribution in [0, 0.1) is 34.6 Å². The van der Waals surface area contributed by atoms with Gasteiger partial charge in [-0.3, -0.25) is 14.0 Å². The molecule has 1 amide bonds. The van der Waals surface area contributed by atoms with E-state index in [1.165, 1.54) is 11.8 Å². The van der Waals surface area contributed by atoms with Crippen LogP contribution >= 0.6 is 11.8 Å². The van der Waals surface area contributed by atoms with Gasteiger partial charge < -0.3 is 5.32 Å². The van der Waals surface area contributed by atoms with Crippen LogP contribution in [-0.2, 0) is 4.79 Å². The van der Waals surface area contributed by atoms with Crippen molar-refractivity contribution in [2.24, 2.45) is 0 Å². The summed E-state index contributed by atoms with van der Waals surface area (Å²) >= 11 is 1.29. The van der Waals surface area contributed by atoms with Gasteiger partial charge in [-0.2, -0.15) is 0 Å². The molecule has 8 heteroatoms. The first-order valence-electron chi connectivity index (χ1n) is 11.7. The van der Waals surface area contributed by atoms with Crippen LogP contribution in [0.1, 0.15) is 27.8 Å². The first kappa shape index (κ1) is 23.8. The maximum Gasteiger partial charge on any atom is 0.267 e. The van der Waals surface area contributed by atoms with Crippen molar-refractivity contribution >= 4 is 40.0 Å². The first-order chi connectivity index (χ1) is 17.2. The molecular formula is C28H27N5O2S. The SMILES string of the molecule is Cc1ccc(-n2c(=O)c3ccccc3n3c(SCC(=O)Nc4c(C)cc(C)cc4C)nnc23)c(C)c1. The topological polar surface area (TPSA) is 81.3 Å². The van der Waals surface area contributed by atoms with Gasteiger partial charge in [0.25, 0.3) is 5.56 Å². The number of nitrogens with zero attached hydrogens (tertiary/aromatic N) is 4. The second kappa shape index (κ2) is 9.28. The zero-order valence-electron chi connectivity index (χ0n) is 20.9. The second-order valence-electron chi connectivity index (χ2n) is 9.18. The van der Waals surface area contributed by atoms with Gasteiger partial charge in [-0.15, -0.1) is 10.2 Å². The van der Waals surface area contributed by atoms with Crippen molar-refractivity contribution in [3.05, 3.63) is 92.8 Å². The molecule has 36 heavy (non-hydrogen) atoms. The Kier molecular flexibility index (Phi) is 6.14. The summed E-state index contributed by atoms with van der Waals surface area (Å²) in [4.78, 5) is 26.4. The fraction of sp³-hybridized carbons (Fsp3) is 0.214. The lowest BCUT2D eigenvalue weighted by Crippen LogP contribution is -2.22. The summed E-state index contributed by atoms with van der Waals surface area (Å²) in [6.45, 7) is 10.0. The maximum atomic E-state index is 13.6. The number of rotatable bonds is 5. The molecule has 0 aliphatic carbocycles. The Balaban J connectivity index is 1.55. The molecule has 0 saturated heterocycles. The van der Waals surface area contributed by atoms with E-state index < -0.39 is 0 Å². The molecule has 1 N–H and O–H groups in total. The largest absolute Gasteiger partial charge is 0.325 e. The van der Waals surface area contributed by atoms with Crippen molar-refractivity contribution in [1.29, 1.82) is 0 Å². The number of benzene rings is 3. The average Bonchev–Trinajstić information content (AvgIpc) is 3.25. The lowest BCUT2D eigenvalue weighted by Gasteiger charge is -2.14. The van der Waals surface area contributed by atoms with Crippen LogP contribution in [-0.4, -0.2) is 30.8 Å². The summed E-state index contributed by atoms with van der Waals surface area (Å²) in [5, 5.41) is 12.9. The van der Waals surface area contributed by atoms with E-state index >= 15 is 0 Å². The molecular weight excluding hydrogens is 470 g/mol. The Morgan fingerprint density at radius 1 is 0.889 bits per heavy atom. The molecule has 2 aromatic heterocycles. The molecule has 5 aromatic rings. The van der Waals surface area contributed by atoms with Crippen molar-refractivity contribution in [3.63, 3.8) is 0 Å². The lowest BCUT2D eigenvalue weighted by atomic mass is 10.1. The van der Waals surface area contributed by atoms with E-state index in [1.807, 2.05) is 75.4 Å². The number of aromatic nitrogens is 4. The van der Waals surface area contributed by atoms with Crippen LogP contribution in [0.3, 0.4) is 0 Å². The maximum absolute atomic E-state index is 13.6. The summed E-state index contributed by atoms with van der Waals surface area (Å²) in [6.07, 6.45) is 0. The van der Waals surface area contributed by atoms with Gasteiger partial charge in [-0.1, -0.05) is 59.3 Å². The van der Waals surface area contributed by atoms with Gasteiger partial charge >= 0.3 is 0 Å². The highest BCUT2D eigenvalue weighted by atomic mass is 32.2. The number of carbonyl (C=O) groups is 1. The number of fused-ring (bicyclic) bond motifs is 3. The van der Waals surface area contributed by atoms with E-state index in [2.05, 4.69) is 27.6 Å². The number of para-hydroxylation sites is 1. The van der Waals surface area contributed by atoms with E-state index in [0.717, 1.165) is 39.2 Å². The van der Waals surface area contributed by atoms with Crippen molar-refractivity contribution in [1.82, 2.24) is 19.2 Å². The second-order valence-corrected chi connectivity index (χ2v) is 10.1. The van der Waals surface area contributed by atoms with Crippen molar-refractivity contribution < 1.29 is 4.79 Å². The number of nitrogens with one attached hydrogen (secondary N) is 1. The monoisotopic (exact) mass is 497 g/mol. The zero-order chi connectivity index (χ0) is 25.6. The number of amides is 1. The summed E-state index contributed by atoms with van der Waals surface area (Å²) in [5.74, 6) is 0.447. The van der Waals surface area contributed by atoms with Gasteiger partial charge in [0, 0.05) is 5.69 Å². The van der Waals surface area contributed by atoms with Crippen LogP contribution in [0.15, 0.2) is 64.5 Å². The number of hydrogen-bond acceptors (Lipinski definition) is 5. The van der Waals surface area contributed by atoms with Crippen LogP contribution in [0.4, 0.5) is 5.69 Å². The summed E-state index contributed by atoms with van der Waals surface area (Å²) in [6, 6.07) is 17.5. The Labute approximate surface area is 213 Å². The highest BCUT2D eigenvalue weighted by Crippen LogP contribution is 2.26. The number of aryl methyl sites for hydroxylation is 5. The fourth-order valence-electron chi connectivity index (χ4n) is 4.73. The van der Waals surface area contributed by atoms with Crippen LogP contribution in [0.2, 0.25) is 0 Å². The van der Waals surface area contributed by atoms with Crippen LogP contribution in [0.25, 0.3) is 22.4 Å². The lowest BCUT2D eigenvalue weighted by molar-refractivity contribution is -0.113. The van der Waals surface area contributed by atoms with E-state index in [0.29, 0.717) is 21.8 Å². The molecule has 0 fully saturated rings. The molecule has 3 aromatic carbocycles. The summed E-state index contributed by atoms with van der Waals surface area (Å²) < 4.78 is 3.46. The molecule has 0 saturated carbocycles. The van der Waals surface area contributed by atoms with Crippen molar-refractivity contribution in [3.8, 4) is 5.69 Å². The van der Waals surface area contributed by atoms with Crippen molar-refractivity contribution in [2.45, 2.75) is 39.8 Å². The van der Waals surface area contributed by atoms with Crippen LogP contribution in [0.5, 0.6) is 0 Å². The minimum absolute atomic E-state index is 0.126. The minimum atomic E-state index is -0.155. The normalized spacial score (nSPS) is 11.4. The molecule has 0 atom stereocenters. The standard InChI is InChI=1S/C28H27N5O2S/c1-16-10-11-22(18(3)12-16)32-26(35)21-8-6-7-9-23(21)33-27(32)30-31-28(33)36-15-24(34)29-25-19(4)13-17(2)14-20(25)5/h6-14H,15H2,1-5H3,(H,29,34). The highest BCUT2D eigenvalue weighted by Gasteiger charge is 2.20. The molecule has 0 bridgehead atoms. The third-order valence-electron chi connectivity index (χ3n) is 6.26. The molecule has 0 unspecified atom stereocenters. The van der Waals surface area contributed by atoms with E-state index in [9.17, 15) is 9.59 Å². The summed E-state index contributed by atoms with van der Waals surface area (Å²) in [7, 11) is 0. The zero-order valence-corrected chi connectivity index (χ0v) is 21.7. The quantitative estimate of drug-likeness (QED) is 0.333. The van der Waals surface area contributed by atoms with Gasteiger partial charge in [0.1, 0.15) is 0 Å². The van der Waals surface area contributed by atoms with Crippen LogP contribution < -0.4 is 10.9 Å². The molecule has 2 heterocycles. The van der Waals surface area contributed by atoms with Gasteiger partial charge in [0.15, 0.2) is 5.16 Å². The molecule has 5 rings (SSSR count). The van der Waals surface area contributed by atoms with E-state index in [-0.39, 0.29) is 17.2 Å².